The van der Waals surface area contributed by atoms with Gasteiger partial charge in [-0.05, 0) is 47.7 Å². The highest BCUT2D eigenvalue weighted by atomic mass is 32.2. The average molecular weight is 543 g/mol. The van der Waals surface area contributed by atoms with E-state index in [1.807, 2.05) is 37.3 Å². The van der Waals surface area contributed by atoms with Gasteiger partial charge in [0.2, 0.25) is 16.2 Å². The van der Waals surface area contributed by atoms with Crippen LogP contribution in [0, 0.1) is 0 Å². The smallest absolute Gasteiger partial charge is 0.261 e. The molecule has 3 aromatic carbocycles. The molecule has 1 aromatic heterocycles. The minimum Gasteiger partial charge on any atom is -0.299 e. The third kappa shape index (κ3) is 6.85. The maximum atomic E-state index is 13.2. The van der Waals surface area contributed by atoms with E-state index >= 15 is 0 Å². The van der Waals surface area contributed by atoms with Crippen LogP contribution >= 0.6 is 35.1 Å². The van der Waals surface area contributed by atoms with E-state index in [-0.39, 0.29) is 10.8 Å². The summed E-state index contributed by atoms with van der Waals surface area (Å²) in [6.45, 7) is 2.02. The normalized spacial score (nSPS) is 12.1. The molecular formula is C24H22N4O3S4. The summed E-state index contributed by atoms with van der Waals surface area (Å²) in [6.07, 6.45) is 0. The Morgan fingerprint density at radius 3 is 2.29 bits per heavy atom. The highest BCUT2D eigenvalue weighted by Crippen LogP contribution is 2.37. The topological polar surface area (TPSA) is 101 Å². The zero-order valence-corrected chi connectivity index (χ0v) is 21.9. The van der Waals surface area contributed by atoms with Gasteiger partial charge >= 0.3 is 0 Å². The lowest BCUT2D eigenvalue weighted by molar-refractivity contribution is -0.115. The number of anilines is 2. The summed E-state index contributed by atoms with van der Waals surface area (Å²) in [5.74, 6) is 0.642. The monoisotopic (exact) mass is 542 g/mol. The number of amides is 1. The predicted octanol–water partition coefficient (Wildman–Crippen LogP) is 5.92. The van der Waals surface area contributed by atoms with Crippen molar-refractivity contribution in [2.24, 2.45) is 0 Å². The van der Waals surface area contributed by atoms with Gasteiger partial charge in [-0.3, -0.25) is 14.8 Å². The van der Waals surface area contributed by atoms with E-state index in [0.29, 0.717) is 16.0 Å². The second-order valence-corrected chi connectivity index (χ2v) is 12.0. The van der Waals surface area contributed by atoms with Crippen molar-refractivity contribution in [3.63, 3.8) is 0 Å². The predicted molar refractivity (Wildman–Crippen MR) is 144 cm³/mol. The maximum Gasteiger partial charge on any atom is 0.261 e. The number of nitrogens with one attached hydrogen (secondary N) is 2. The first-order valence-corrected chi connectivity index (χ1v) is 14.7. The second-order valence-electron chi connectivity index (χ2n) is 7.16. The number of benzene rings is 3. The fourth-order valence-electron chi connectivity index (χ4n) is 3.07. The number of nitrogens with zero attached hydrogens (tertiary/aromatic N) is 2. The summed E-state index contributed by atoms with van der Waals surface area (Å²) in [6, 6.07) is 24.6. The first-order valence-electron chi connectivity index (χ1n) is 10.6. The molecule has 35 heavy (non-hydrogen) atoms. The highest BCUT2D eigenvalue weighted by Gasteiger charge is 2.23. The van der Waals surface area contributed by atoms with Gasteiger partial charge in [-0.15, -0.1) is 11.8 Å². The Kier molecular flexibility index (Phi) is 8.45. The van der Waals surface area contributed by atoms with Crippen molar-refractivity contribution in [3.8, 4) is 0 Å². The van der Waals surface area contributed by atoms with Crippen molar-refractivity contribution in [3.05, 3.63) is 90.5 Å². The van der Waals surface area contributed by atoms with Crippen LogP contribution in [0.4, 0.5) is 10.8 Å². The van der Waals surface area contributed by atoms with E-state index in [2.05, 4.69) is 19.4 Å². The lowest BCUT2D eigenvalue weighted by Crippen LogP contribution is -2.19. The largest absolute Gasteiger partial charge is 0.299 e. The molecular weight excluding hydrogens is 521 g/mol. The van der Waals surface area contributed by atoms with Crippen LogP contribution in [0.1, 0.15) is 17.7 Å². The average Bonchev–Trinajstić information content (AvgIpc) is 3.31. The van der Waals surface area contributed by atoms with Crippen LogP contribution < -0.4 is 10.0 Å². The fourth-order valence-corrected chi connectivity index (χ4v) is 6.45. The SMILES string of the molecule is CCSc1nsc(NC(=O)C(Sc2ccc(NS(=O)(=O)c3ccccc3)cc2)c2ccccc2)n1. The fraction of sp³-hybridized carbons (Fsp3) is 0.125. The Hall–Kier alpha value is -2.86. The molecule has 0 aliphatic heterocycles. The van der Waals surface area contributed by atoms with Gasteiger partial charge in [0, 0.05) is 22.1 Å². The van der Waals surface area contributed by atoms with Crippen LogP contribution in [-0.2, 0) is 14.8 Å². The lowest BCUT2D eigenvalue weighted by atomic mass is 10.1. The number of aromatic nitrogens is 2. The molecule has 1 amide bonds. The Morgan fingerprint density at radius 1 is 0.971 bits per heavy atom. The Morgan fingerprint density at radius 2 is 1.63 bits per heavy atom. The van der Waals surface area contributed by atoms with Gasteiger partial charge < -0.3 is 0 Å². The van der Waals surface area contributed by atoms with Crippen LogP contribution in [0.2, 0.25) is 0 Å². The van der Waals surface area contributed by atoms with Crippen LogP contribution in [-0.4, -0.2) is 29.4 Å². The summed E-state index contributed by atoms with van der Waals surface area (Å²) in [7, 11) is -3.68. The second kappa shape index (κ2) is 11.7. The molecule has 0 aliphatic carbocycles. The zero-order chi connectivity index (χ0) is 24.7. The summed E-state index contributed by atoms with van der Waals surface area (Å²) in [5, 5.41) is 3.45. The van der Waals surface area contributed by atoms with Crippen molar-refractivity contribution in [2.75, 3.05) is 15.8 Å². The first kappa shape index (κ1) is 25.2. The molecule has 1 heterocycles. The Bertz CT molecular complexity index is 1360. The molecule has 0 spiro atoms. The van der Waals surface area contributed by atoms with Crippen LogP contribution in [0.15, 0.2) is 99.9 Å². The molecule has 4 aromatic rings. The van der Waals surface area contributed by atoms with Gasteiger partial charge in [0.25, 0.3) is 10.0 Å². The van der Waals surface area contributed by atoms with E-state index in [4.69, 9.17) is 0 Å². The number of hydrogen-bond donors (Lipinski definition) is 2. The van der Waals surface area contributed by atoms with Crippen LogP contribution in [0.3, 0.4) is 0 Å². The summed E-state index contributed by atoms with van der Waals surface area (Å²) in [4.78, 5) is 18.6. The van der Waals surface area contributed by atoms with Crippen molar-refractivity contribution in [1.82, 2.24) is 9.36 Å². The molecule has 180 valence electrons. The van der Waals surface area contributed by atoms with Gasteiger partial charge in [0.1, 0.15) is 5.25 Å². The van der Waals surface area contributed by atoms with Crippen molar-refractivity contribution in [2.45, 2.75) is 27.1 Å². The van der Waals surface area contributed by atoms with Gasteiger partial charge in [-0.25, -0.2) is 8.42 Å². The van der Waals surface area contributed by atoms with E-state index in [1.165, 1.54) is 35.7 Å². The molecule has 0 bridgehead atoms. The van der Waals surface area contributed by atoms with Crippen molar-refractivity contribution >= 4 is 61.8 Å². The standard InChI is InChI=1S/C24H22N4O3S4/c1-2-32-24-26-23(34-27-24)25-22(29)21(17-9-5-3-6-10-17)33-19-15-13-18(14-16-19)28-35(30,31)20-11-7-4-8-12-20/h3-16,21,28H,2H2,1H3,(H,25,26,27,29). The summed E-state index contributed by atoms with van der Waals surface area (Å²) >= 11 is 4.04. The third-order valence-electron chi connectivity index (χ3n) is 4.67. The molecule has 1 unspecified atom stereocenters. The van der Waals surface area contributed by atoms with Crippen LogP contribution in [0.25, 0.3) is 0 Å². The minimum absolute atomic E-state index is 0.191. The van der Waals surface area contributed by atoms with E-state index in [1.54, 1.807) is 42.5 Å². The van der Waals surface area contributed by atoms with Crippen LogP contribution in [0.5, 0.6) is 0 Å². The quantitative estimate of drug-likeness (QED) is 0.240. The highest BCUT2D eigenvalue weighted by molar-refractivity contribution is 8.00. The molecule has 11 heteroatoms. The molecule has 2 N–H and O–H groups in total. The molecule has 0 fully saturated rings. The molecule has 4 rings (SSSR count). The summed E-state index contributed by atoms with van der Waals surface area (Å²) < 4.78 is 32.0. The Labute approximate surface area is 217 Å². The number of thioether (sulfide) groups is 2. The molecule has 0 saturated heterocycles. The van der Waals surface area contributed by atoms with E-state index in [9.17, 15) is 13.2 Å². The van der Waals surface area contributed by atoms with Gasteiger partial charge in [0.15, 0.2) is 0 Å². The summed E-state index contributed by atoms with van der Waals surface area (Å²) in [5.41, 5.74) is 1.28. The molecule has 7 nitrogen and oxygen atoms in total. The molecule has 1 atom stereocenters. The van der Waals surface area contributed by atoms with Crippen molar-refractivity contribution in [1.29, 1.82) is 0 Å². The Balaban J connectivity index is 1.49. The van der Waals surface area contributed by atoms with Gasteiger partial charge in [-0.2, -0.15) is 9.36 Å². The van der Waals surface area contributed by atoms with Gasteiger partial charge in [-0.1, -0.05) is 67.2 Å². The number of carbonyl (C=O) groups is 1. The third-order valence-corrected chi connectivity index (χ3v) is 8.80. The number of carbonyl (C=O) groups excluding carboxylic acids is 1. The number of sulfonamides is 1. The van der Waals surface area contributed by atoms with Crippen molar-refractivity contribution < 1.29 is 13.2 Å². The first-order chi connectivity index (χ1) is 16.9. The van der Waals surface area contributed by atoms with E-state index in [0.717, 1.165) is 27.7 Å². The molecule has 0 aliphatic rings. The minimum atomic E-state index is -3.68. The van der Waals surface area contributed by atoms with E-state index < -0.39 is 15.3 Å². The zero-order valence-electron chi connectivity index (χ0n) is 18.6. The molecule has 0 saturated carbocycles. The lowest BCUT2D eigenvalue weighted by Gasteiger charge is -2.16. The number of hydrogen-bond acceptors (Lipinski definition) is 8. The molecule has 0 radical (unpaired) electrons. The number of rotatable bonds is 10. The maximum absolute atomic E-state index is 13.2. The van der Waals surface area contributed by atoms with Gasteiger partial charge in [0.05, 0.1) is 4.90 Å².